The van der Waals surface area contributed by atoms with Crippen molar-refractivity contribution in [2.75, 3.05) is 13.2 Å². The first-order chi connectivity index (χ1) is 9.38. The highest BCUT2D eigenvalue weighted by molar-refractivity contribution is 5.26. The number of nitrogens with two attached hydrogens (primary N) is 1. The molecule has 0 saturated heterocycles. The van der Waals surface area contributed by atoms with Gasteiger partial charge in [0, 0.05) is 30.9 Å². The van der Waals surface area contributed by atoms with Crippen LogP contribution in [0.25, 0.3) is 0 Å². The maximum absolute atomic E-state index is 5.43. The predicted octanol–water partition coefficient (Wildman–Crippen LogP) is 1.44. The molecule has 2 rings (SSSR count). The number of aromatic nitrogens is 2. The number of ether oxygens (including phenoxy) is 1. The minimum absolute atomic E-state index is 0.722. The first-order valence-corrected chi connectivity index (χ1v) is 6.87. The van der Waals surface area contributed by atoms with Crippen molar-refractivity contribution in [3.8, 4) is 5.75 Å². The molecule has 0 saturated carbocycles. The molecule has 1 heterocycles. The molecule has 4 heteroatoms. The molecule has 102 valence electrons. The molecule has 19 heavy (non-hydrogen) atoms. The summed E-state index contributed by atoms with van der Waals surface area (Å²) in [7, 11) is 0. The standard InChI is InChI=1S/C15H21N3O/c1-2-19-15-6-4-14(5-7-15)12-16-8-3-10-18-11-9-17-13-18/h4-7,9,11,13,16H,2-3,8,10,12H2,1H3/p+1. The Labute approximate surface area is 114 Å². The van der Waals surface area contributed by atoms with Crippen molar-refractivity contribution in [1.82, 2.24) is 9.55 Å². The Morgan fingerprint density at radius 1 is 1.26 bits per heavy atom. The number of rotatable bonds is 8. The third-order valence-corrected chi connectivity index (χ3v) is 3.00. The fraction of sp³-hybridized carbons (Fsp3) is 0.400. The second-order valence-corrected chi connectivity index (χ2v) is 4.51. The smallest absolute Gasteiger partial charge is 0.119 e. The SMILES string of the molecule is CCOc1ccc(C[NH2+]CCCn2ccnc2)cc1. The number of imidazole rings is 1. The van der Waals surface area contributed by atoms with Crippen molar-refractivity contribution < 1.29 is 10.1 Å². The van der Waals surface area contributed by atoms with E-state index < -0.39 is 0 Å². The van der Waals surface area contributed by atoms with Gasteiger partial charge in [-0.3, -0.25) is 0 Å². The zero-order valence-corrected chi connectivity index (χ0v) is 11.5. The van der Waals surface area contributed by atoms with E-state index in [1.54, 1.807) is 0 Å². The summed E-state index contributed by atoms with van der Waals surface area (Å²) in [4.78, 5) is 4.03. The van der Waals surface area contributed by atoms with Crippen LogP contribution in [0.5, 0.6) is 5.75 Å². The van der Waals surface area contributed by atoms with Crippen molar-refractivity contribution in [2.45, 2.75) is 26.4 Å². The Balaban J connectivity index is 1.62. The van der Waals surface area contributed by atoms with Crippen LogP contribution < -0.4 is 10.1 Å². The van der Waals surface area contributed by atoms with Gasteiger partial charge in [0.1, 0.15) is 12.3 Å². The third-order valence-electron chi connectivity index (χ3n) is 3.00. The van der Waals surface area contributed by atoms with Crippen LogP contribution in [0.1, 0.15) is 18.9 Å². The molecule has 1 aromatic heterocycles. The first-order valence-electron chi connectivity index (χ1n) is 6.87. The maximum Gasteiger partial charge on any atom is 0.119 e. The molecule has 0 amide bonds. The Morgan fingerprint density at radius 2 is 2.11 bits per heavy atom. The highest BCUT2D eigenvalue weighted by Crippen LogP contribution is 2.11. The Hall–Kier alpha value is -1.81. The Kier molecular flexibility index (Phi) is 5.44. The average molecular weight is 260 g/mol. The third kappa shape index (κ3) is 4.75. The average Bonchev–Trinajstić information content (AvgIpc) is 2.94. The molecule has 0 aliphatic carbocycles. The Morgan fingerprint density at radius 3 is 2.79 bits per heavy atom. The molecule has 0 fully saturated rings. The summed E-state index contributed by atoms with van der Waals surface area (Å²) in [5, 5.41) is 2.34. The van der Waals surface area contributed by atoms with Crippen LogP contribution in [-0.2, 0) is 13.1 Å². The molecule has 0 bridgehead atoms. The quantitative estimate of drug-likeness (QED) is 0.730. The molecule has 0 unspecified atom stereocenters. The Bertz CT molecular complexity index is 451. The van der Waals surface area contributed by atoms with Crippen LogP contribution in [0.3, 0.4) is 0 Å². The number of hydrogen-bond donors (Lipinski definition) is 1. The monoisotopic (exact) mass is 260 g/mol. The molecule has 2 aromatic rings. The van der Waals surface area contributed by atoms with E-state index in [-0.39, 0.29) is 0 Å². The lowest BCUT2D eigenvalue weighted by Gasteiger charge is -2.05. The summed E-state index contributed by atoms with van der Waals surface area (Å²) >= 11 is 0. The fourth-order valence-corrected chi connectivity index (χ4v) is 1.99. The number of aryl methyl sites for hydroxylation is 1. The molecule has 2 N–H and O–H groups in total. The lowest BCUT2D eigenvalue weighted by atomic mass is 10.2. The van der Waals surface area contributed by atoms with Crippen LogP contribution in [0, 0.1) is 0 Å². The van der Waals surface area contributed by atoms with Gasteiger partial charge in [0.15, 0.2) is 0 Å². The zero-order chi connectivity index (χ0) is 13.3. The minimum atomic E-state index is 0.722. The van der Waals surface area contributed by atoms with Gasteiger partial charge in [-0.2, -0.15) is 0 Å². The summed E-state index contributed by atoms with van der Waals surface area (Å²) in [5.41, 5.74) is 1.34. The molecular formula is C15H22N3O+. The summed E-state index contributed by atoms with van der Waals surface area (Å²) in [6, 6.07) is 8.35. The van der Waals surface area contributed by atoms with Gasteiger partial charge < -0.3 is 14.6 Å². The van der Waals surface area contributed by atoms with Gasteiger partial charge in [0.25, 0.3) is 0 Å². The van der Waals surface area contributed by atoms with Crippen molar-refractivity contribution in [3.63, 3.8) is 0 Å². The number of quaternary nitrogens is 1. The van der Waals surface area contributed by atoms with E-state index in [9.17, 15) is 0 Å². The second kappa shape index (κ2) is 7.59. The van der Waals surface area contributed by atoms with E-state index in [2.05, 4.69) is 27.0 Å². The van der Waals surface area contributed by atoms with E-state index in [1.807, 2.05) is 37.8 Å². The van der Waals surface area contributed by atoms with E-state index in [4.69, 9.17) is 4.74 Å². The van der Waals surface area contributed by atoms with Gasteiger partial charge in [-0.15, -0.1) is 0 Å². The summed E-state index contributed by atoms with van der Waals surface area (Å²) in [5.74, 6) is 0.950. The van der Waals surface area contributed by atoms with Crippen molar-refractivity contribution in [2.24, 2.45) is 0 Å². The van der Waals surface area contributed by atoms with Crippen molar-refractivity contribution >= 4 is 0 Å². The van der Waals surface area contributed by atoms with Gasteiger partial charge >= 0.3 is 0 Å². The minimum Gasteiger partial charge on any atom is -0.494 e. The molecule has 0 aliphatic heterocycles. The van der Waals surface area contributed by atoms with Gasteiger partial charge in [-0.25, -0.2) is 4.98 Å². The van der Waals surface area contributed by atoms with Crippen LogP contribution >= 0.6 is 0 Å². The van der Waals surface area contributed by atoms with E-state index >= 15 is 0 Å². The highest BCUT2D eigenvalue weighted by atomic mass is 16.5. The summed E-state index contributed by atoms with van der Waals surface area (Å²) in [6.45, 7) is 5.92. The van der Waals surface area contributed by atoms with E-state index in [1.165, 1.54) is 5.56 Å². The zero-order valence-electron chi connectivity index (χ0n) is 11.5. The molecule has 4 nitrogen and oxygen atoms in total. The summed E-state index contributed by atoms with van der Waals surface area (Å²) in [6.07, 6.45) is 6.86. The lowest BCUT2D eigenvalue weighted by Crippen LogP contribution is -2.82. The molecular weight excluding hydrogens is 238 g/mol. The highest BCUT2D eigenvalue weighted by Gasteiger charge is 1.98. The van der Waals surface area contributed by atoms with Crippen molar-refractivity contribution in [1.29, 1.82) is 0 Å². The normalized spacial score (nSPS) is 10.6. The maximum atomic E-state index is 5.43. The van der Waals surface area contributed by atoms with Gasteiger partial charge in [-0.05, 0) is 31.2 Å². The van der Waals surface area contributed by atoms with Crippen LogP contribution in [0.2, 0.25) is 0 Å². The predicted molar refractivity (Wildman–Crippen MR) is 75.0 cm³/mol. The first kappa shape index (κ1) is 13.6. The molecule has 0 aliphatic rings. The summed E-state index contributed by atoms with van der Waals surface area (Å²) < 4.78 is 7.54. The molecule has 1 aromatic carbocycles. The number of hydrogen-bond acceptors (Lipinski definition) is 2. The lowest BCUT2D eigenvalue weighted by molar-refractivity contribution is -0.671. The molecule has 0 atom stereocenters. The van der Waals surface area contributed by atoms with E-state index in [0.717, 1.165) is 38.4 Å². The molecule has 0 radical (unpaired) electrons. The van der Waals surface area contributed by atoms with Gasteiger partial charge in [-0.1, -0.05) is 0 Å². The van der Waals surface area contributed by atoms with Gasteiger partial charge in [0.2, 0.25) is 0 Å². The number of benzene rings is 1. The van der Waals surface area contributed by atoms with Crippen LogP contribution in [0.4, 0.5) is 0 Å². The number of nitrogens with zero attached hydrogens (tertiary/aromatic N) is 2. The van der Waals surface area contributed by atoms with Crippen molar-refractivity contribution in [3.05, 3.63) is 48.5 Å². The molecule has 0 spiro atoms. The van der Waals surface area contributed by atoms with E-state index in [0.29, 0.717) is 0 Å². The van der Waals surface area contributed by atoms with Gasteiger partial charge in [0.05, 0.1) is 19.5 Å². The largest absolute Gasteiger partial charge is 0.494 e. The van der Waals surface area contributed by atoms with Crippen LogP contribution in [-0.4, -0.2) is 22.7 Å². The fourth-order valence-electron chi connectivity index (χ4n) is 1.99. The topological polar surface area (TPSA) is 43.7 Å². The second-order valence-electron chi connectivity index (χ2n) is 4.51. The van der Waals surface area contributed by atoms with Crippen LogP contribution in [0.15, 0.2) is 43.0 Å².